The van der Waals surface area contributed by atoms with E-state index in [4.69, 9.17) is 4.98 Å². The number of nitrogens with one attached hydrogen (secondary N) is 1. The second-order valence-electron chi connectivity index (χ2n) is 7.17. The molecule has 0 amide bonds. The fourth-order valence-corrected chi connectivity index (χ4v) is 3.71. The van der Waals surface area contributed by atoms with Gasteiger partial charge in [-0.05, 0) is 44.3 Å². The molecule has 0 radical (unpaired) electrons. The van der Waals surface area contributed by atoms with Crippen LogP contribution in [0.25, 0.3) is 27.8 Å². The van der Waals surface area contributed by atoms with Gasteiger partial charge in [-0.15, -0.1) is 0 Å². The summed E-state index contributed by atoms with van der Waals surface area (Å²) in [5, 5.41) is 3.70. The van der Waals surface area contributed by atoms with E-state index in [1.807, 2.05) is 24.3 Å². The van der Waals surface area contributed by atoms with Crippen molar-refractivity contribution in [2.75, 3.05) is 38.1 Å². The van der Waals surface area contributed by atoms with Crippen LogP contribution in [-0.2, 0) is 0 Å². The Morgan fingerprint density at radius 3 is 2.79 bits per heavy atom. The zero-order valence-corrected chi connectivity index (χ0v) is 15.7. The van der Waals surface area contributed by atoms with E-state index in [0.717, 1.165) is 43.9 Å². The van der Waals surface area contributed by atoms with Crippen molar-refractivity contribution in [2.45, 2.75) is 6.42 Å². The van der Waals surface area contributed by atoms with Crippen LogP contribution in [0.3, 0.4) is 0 Å². The summed E-state index contributed by atoms with van der Waals surface area (Å²) in [4.78, 5) is 31.1. The average Bonchev–Trinajstić information content (AvgIpc) is 2.92. The molecule has 0 atom stereocenters. The summed E-state index contributed by atoms with van der Waals surface area (Å²) >= 11 is 0. The van der Waals surface area contributed by atoms with Crippen LogP contribution < -0.4 is 10.5 Å². The van der Waals surface area contributed by atoms with E-state index < -0.39 is 0 Å². The smallest absolute Gasteiger partial charge is 0.282 e. The Labute approximate surface area is 161 Å². The van der Waals surface area contributed by atoms with Crippen LogP contribution in [0.15, 0.2) is 47.5 Å². The molecule has 0 spiro atoms. The largest absolute Gasteiger partial charge is 0.355 e. The number of likely N-dealkylation sites (N-methyl/N-ethyl adjacent to an activating group) is 1. The van der Waals surface area contributed by atoms with Crippen molar-refractivity contribution in [3.05, 3.63) is 53.1 Å². The molecule has 0 saturated carbocycles. The monoisotopic (exact) mass is 375 g/mol. The number of hydrogen-bond acceptors (Lipinski definition) is 6. The van der Waals surface area contributed by atoms with Crippen molar-refractivity contribution in [1.29, 1.82) is 0 Å². The van der Waals surface area contributed by atoms with Gasteiger partial charge in [0.25, 0.3) is 5.56 Å². The van der Waals surface area contributed by atoms with Gasteiger partial charge >= 0.3 is 0 Å². The quantitative estimate of drug-likeness (QED) is 0.575. The molecule has 4 aromatic heterocycles. The molecule has 5 rings (SSSR count). The molecule has 1 aliphatic rings. The first-order valence-electron chi connectivity index (χ1n) is 9.46. The molecule has 0 unspecified atom stereocenters. The molecular formula is C20H21N7O. The third kappa shape index (κ3) is 2.82. The second kappa shape index (κ2) is 6.72. The van der Waals surface area contributed by atoms with Crippen LogP contribution in [0.1, 0.15) is 6.42 Å². The normalized spacial score (nSPS) is 16.0. The van der Waals surface area contributed by atoms with E-state index >= 15 is 0 Å². The van der Waals surface area contributed by atoms with Crippen LogP contribution in [0.2, 0.25) is 0 Å². The van der Waals surface area contributed by atoms with Gasteiger partial charge in [0, 0.05) is 32.0 Å². The molecule has 5 heterocycles. The lowest BCUT2D eigenvalue weighted by molar-refractivity contribution is 0.360. The molecule has 4 aromatic rings. The molecular weight excluding hydrogens is 354 g/mol. The molecule has 8 nitrogen and oxygen atoms in total. The fourth-order valence-electron chi connectivity index (χ4n) is 3.71. The minimum absolute atomic E-state index is 0.174. The van der Waals surface area contributed by atoms with Gasteiger partial charge in [0.1, 0.15) is 11.3 Å². The third-order valence-corrected chi connectivity index (χ3v) is 5.28. The van der Waals surface area contributed by atoms with E-state index in [1.165, 1.54) is 4.68 Å². The van der Waals surface area contributed by atoms with Gasteiger partial charge in [-0.3, -0.25) is 14.9 Å². The van der Waals surface area contributed by atoms with Crippen LogP contribution in [-0.4, -0.2) is 62.9 Å². The Bertz CT molecular complexity index is 1200. The van der Waals surface area contributed by atoms with Crippen molar-refractivity contribution in [1.82, 2.24) is 29.6 Å². The number of pyridine rings is 3. The van der Waals surface area contributed by atoms with Gasteiger partial charge in [-0.2, -0.15) is 0 Å². The molecule has 8 heteroatoms. The summed E-state index contributed by atoms with van der Waals surface area (Å²) in [5.74, 6) is 1.46. The van der Waals surface area contributed by atoms with Crippen LogP contribution in [0, 0.1) is 0 Å². The summed E-state index contributed by atoms with van der Waals surface area (Å²) in [6.45, 7) is 4.01. The first-order valence-corrected chi connectivity index (χ1v) is 9.46. The second-order valence-corrected chi connectivity index (χ2v) is 7.17. The minimum Gasteiger partial charge on any atom is -0.355 e. The number of nitrogens with zero attached hydrogens (tertiary/aromatic N) is 6. The van der Waals surface area contributed by atoms with Crippen molar-refractivity contribution >= 4 is 27.8 Å². The Kier molecular flexibility index (Phi) is 4.05. The number of anilines is 1. The summed E-state index contributed by atoms with van der Waals surface area (Å²) in [6.07, 6.45) is 4.38. The summed E-state index contributed by atoms with van der Waals surface area (Å²) in [7, 11) is 2.15. The highest BCUT2D eigenvalue weighted by Crippen LogP contribution is 2.23. The average molecular weight is 375 g/mol. The first kappa shape index (κ1) is 16.9. The highest BCUT2D eigenvalue weighted by atomic mass is 16.1. The zero-order chi connectivity index (χ0) is 19.1. The highest BCUT2D eigenvalue weighted by Gasteiger charge is 2.17. The lowest BCUT2D eigenvalue weighted by Gasteiger charge is -2.21. The molecule has 142 valence electrons. The van der Waals surface area contributed by atoms with E-state index in [1.54, 1.807) is 18.5 Å². The predicted octanol–water partition coefficient (Wildman–Crippen LogP) is 1.80. The van der Waals surface area contributed by atoms with Crippen LogP contribution >= 0.6 is 0 Å². The number of H-pyrrole nitrogens is 1. The number of hydrogen-bond donors (Lipinski definition) is 1. The van der Waals surface area contributed by atoms with E-state index in [2.05, 4.69) is 31.9 Å². The number of rotatable bonds is 2. The minimum atomic E-state index is -0.174. The summed E-state index contributed by atoms with van der Waals surface area (Å²) in [6, 6.07) is 9.45. The first-order chi connectivity index (χ1) is 13.7. The van der Waals surface area contributed by atoms with Gasteiger partial charge in [0.15, 0.2) is 5.82 Å². The summed E-state index contributed by atoms with van der Waals surface area (Å²) < 4.78 is 1.45. The van der Waals surface area contributed by atoms with Gasteiger partial charge in [0.05, 0.1) is 16.4 Å². The maximum atomic E-state index is 12.8. The van der Waals surface area contributed by atoms with Crippen LogP contribution in [0.5, 0.6) is 0 Å². The maximum Gasteiger partial charge on any atom is 0.282 e. The van der Waals surface area contributed by atoms with E-state index in [0.29, 0.717) is 22.2 Å². The Morgan fingerprint density at radius 2 is 1.93 bits per heavy atom. The van der Waals surface area contributed by atoms with Crippen LogP contribution in [0.4, 0.5) is 5.82 Å². The van der Waals surface area contributed by atoms with Gasteiger partial charge in [0.2, 0.25) is 0 Å². The van der Waals surface area contributed by atoms with E-state index in [9.17, 15) is 4.79 Å². The number of aromatic amines is 1. The van der Waals surface area contributed by atoms with Crippen molar-refractivity contribution in [3.8, 4) is 5.82 Å². The molecule has 0 aliphatic carbocycles. The lowest BCUT2D eigenvalue weighted by atomic mass is 10.2. The molecule has 1 N–H and O–H groups in total. The Morgan fingerprint density at radius 1 is 1.00 bits per heavy atom. The summed E-state index contributed by atoms with van der Waals surface area (Å²) in [5.41, 5.74) is 1.98. The molecule has 0 aromatic carbocycles. The molecule has 1 saturated heterocycles. The van der Waals surface area contributed by atoms with Gasteiger partial charge in [-0.1, -0.05) is 6.07 Å². The van der Waals surface area contributed by atoms with Gasteiger partial charge < -0.3 is 9.80 Å². The standard InChI is InChI=1S/C20H21N7O/c1-25-9-4-10-26(12-11-25)17-7-6-15-19(23-17)18-14(13-22-15)20(28)27(24-18)16-5-2-3-8-21-16/h2-3,5-8,13,24H,4,9-12H2,1H3. The molecule has 1 aliphatic heterocycles. The van der Waals surface area contributed by atoms with Gasteiger partial charge in [-0.25, -0.2) is 14.6 Å². The molecule has 0 bridgehead atoms. The number of aromatic nitrogens is 5. The predicted molar refractivity (Wildman–Crippen MR) is 109 cm³/mol. The Balaban J connectivity index is 1.65. The lowest BCUT2D eigenvalue weighted by Crippen LogP contribution is -2.29. The maximum absolute atomic E-state index is 12.8. The molecule has 28 heavy (non-hydrogen) atoms. The highest BCUT2D eigenvalue weighted by molar-refractivity contribution is 6.00. The van der Waals surface area contributed by atoms with Crippen molar-refractivity contribution in [2.24, 2.45) is 0 Å². The molecule has 1 fully saturated rings. The van der Waals surface area contributed by atoms with Crippen molar-refractivity contribution < 1.29 is 0 Å². The topological polar surface area (TPSA) is 82.9 Å². The Hall–Kier alpha value is -3.26. The third-order valence-electron chi connectivity index (χ3n) is 5.28. The SMILES string of the molecule is CN1CCCN(c2ccc3ncc4c(=O)n(-c5ccccn5)[nH]c4c3n2)CC1. The van der Waals surface area contributed by atoms with E-state index in [-0.39, 0.29) is 5.56 Å². The zero-order valence-electron chi connectivity index (χ0n) is 15.7. The fraction of sp³-hybridized carbons (Fsp3) is 0.300. The van der Waals surface area contributed by atoms with Crippen molar-refractivity contribution in [3.63, 3.8) is 0 Å². The number of fused-ring (bicyclic) bond motifs is 3.